The lowest BCUT2D eigenvalue weighted by Crippen LogP contribution is -2.35. The van der Waals surface area contributed by atoms with Crippen LogP contribution >= 0.6 is 0 Å². The van der Waals surface area contributed by atoms with Crippen LogP contribution in [0.5, 0.6) is 0 Å². The summed E-state index contributed by atoms with van der Waals surface area (Å²) < 4.78 is 51.7. The maximum Gasteiger partial charge on any atom is 0.244 e. The number of nitrogens with zero attached hydrogens (tertiary/aromatic N) is 2. The Bertz CT molecular complexity index is 989. The molecule has 0 amide bonds. The third-order valence-electron chi connectivity index (χ3n) is 4.66. The van der Waals surface area contributed by atoms with Gasteiger partial charge in [-0.1, -0.05) is 42.5 Å². The van der Waals surface area contributed by atoms with Gasteiger partial charge < -0.3 is 0 Å². The minimum Gasteiger partial charge on any atom is -0.298 e. The van der Waals surface area contributed by atoms with Gasteiger partial charge in [-0.2, -0.15) is 4.31 Å². The van der Waals surface area contributed by atoms with E-state index in [0.717, 1.165) is 19.3 Å². The zero-order valence-corrected chi connectivity index (χ0v) is 16.9. The van der Waals surface area contributed by atoms with Crippen LogP contribution < -0.4 is 0 Å². The zero-order chi connectivity index (χ0) is 19.5. The van der Waals surface area contributed by atoms with Crippen molar-refractivity contribution in [3.05, 3.63) is 60.2 Å². The van der Waals surface area contributed by atoms with E-state index in [1.165, 1.54) is 22.0 Å². The second-order valence-corrected chi connectivity index (χ2v) is 10.6. The average molecular weight is 409 g/mol. The largest absolute Gasteiger partial charge is 0.298 e. The van der Waals surface area contributed by atoms with E-state index >= 15 is 0 Å². The Kier molecular flexibility index (Phi) is 6.00. The fourth-order valence-electron chi connectivity index (χ4n) is 3.30. The van der Waals surface area contributed by atoms with Crippen LogP contribution in [0.15, 0.2) is 64.4 Å². The van der Waals surface area contributed by atoms with Crippen molar-refractivity contribution in [3.8, 4) is 0 Å². The van der Waals surface area contributed by atoms with Crippen molar-refractivity contribution in [2.24, 2.45) is 0 Å². The van der Waals surface area contributed by atoms with Crippen molar-refractivity contribution in [3.63, 3.8) is 0 Å². The summed E-state index contributed by atoms with van der Waals surface area (Å²) in [5.74, 6) is 0. The van der Waals surface area contributed by atoms with Crippen molar-refractivity contribution in [2.75, 3.05) is 32.4 Å². The van der Waals surface area contributed by atoms with Gasteiger partial charge in [-0.05, 0) is 30.7 Å². The van der Waals surface area contributed by atoms with Crippen LogP contribution in [0, 0.1) is 0 Å². The normalized spacial score (nSPS) is 17.5. The lowest BCUT2D eigenvalue weighted by molar-refractivity contribution is 0.278. The first-order valence-electron chi connectivity index (χ1n) is 8.84. The van der Waals surface area contributed by atoms with Crippen molar-refractivity contribution in [1.29, 1.82) is 0 Å². The quantitative estimate of drug-likeness (QED) is 0.756. The van der Waals surface area contributed by atoms with Crippen LogP contribution in [-0.2, 0) is 26.4 Å². The molecule has 8 heteroatoms. The molecule has 1 aliphatic rings. The van der Waals surface area contributed by atoms with Gasteiger partial charge in [0.15, 0.2) is 9.84 Å². The second kappa shape index (κ2) is 8.10. The molecule has 6 nitrogen and oxygen atoms in total. The fourth-order valence-corrected chi connectivity index (χ4v) is 6.37. The topological polar surface area (TPSA) is 74.8 Å². The van der Waals surface area contributed by atoms with E-state index in [-0.39, 0.29) is 9.79 Å². The number of sulfone groups is 1. The Labute approximate surface area is 161 Å². The Morgan fingerprint density at radius 3 is 2.07 bits per heavy atom. The summed E-state index contributed by atoms with van der Waals surface area (Å²) in [6, 6.07) is 15.9. The molecule has 3 rings (SSSR count). The van der Waals surface area contributed by atoms with Gasteiger partial charge in [-0.15, -0.1) is 0 Å². The van der Waals surface area contributed by atoms with Crippen LogP contribution in [0.2, 0.25) is 0 Å². The van der Waals surface area contributed by atoms with Gasteiger partial charge in [0.2, 0.25) is 10.0 Å². The maximum atomic E-state index is 13.1. The van der Waals surface area contributed by atoms with Gasteiger partial charge in [-0.3, -0.25) is 4.90 Å². The first-order chi connectivity index (χ1) is 12.8. The Hall–Kier alpha value is -1.74. The molecular formula is C19H24N2O4S2. The summed E-state index contributed by atoms with van der Waals surface area (Å²) in [6.45, 7) is 2.90. The van der Waals surface area contributed by atoms with E-state index in [9.17, 15) is 16.8 Å². The summed E-state index contributed by atoms with van der Waals surface area (Å²) in [4.78, 5) is 1.95. The lowest BCUT2D eigenvalue weighted by Gasteiger charge is -2.22. The fraction of sp³-hybridized carbons (Fsp3) is 0.368. The van der Waals surface area contributed by atoms with Crippen LogP contribution in [0.1, 0.15) is 12.0 Å². The molecule has 1 aliphatic heterocycles. The van der Waals surface area contributed by atoms with Gasteiger partial charge in [0, 0.05) is 32.4 Å². The lowest BCUT2D eigenvalue weighted by atomic mass is 10.2. The van der Waals surface area contributed by atoms with Gasteiger partial charge in [-0.25, -0.2) is 16.8 Å². The van der Waals surface area contributed by atoms with Gasteiger partial charge in [0.05, 0.1) is 4.90 Å². The molecule has 1 fully saturated rings. The minimum absolute atomic E-state index is 0.135. The molecule has 1 saturated heterocycles. The summed E-state index contributed by atoms with van der Waals surface area (Å²) in [6.07, 6.45) is 1.73. The van der Waals surface area contributed by atoms with E-state index in [1.807, 2.05) is 18.2 Å². The van der Waals surface area contributed by atoms with Crippen LogP contribution in [-0.4, -0.2) is 58.5 Å². The second-order valence-electron chi connectivity index (χ2n) is 6.74. The number of benzene rings is 2. The molecular weight excluding hydrogens is 384 g/mol. The first kappa shape index (κ1) is 20.0. The molecule has 146 valence electrons. The molecule has 2 aromatic carbocycles. The third-order valence-corrected chi connectivity index (χ3v) is 7.90. The molecule has 27 heavy (non-hydrogen) atoms. The molecule has 0 bridgehead atoms. The van der Waals surface area contributed by atoms with E-state index in [0.29, 0.717) is 26.1 Å². The number of hydrogen-bond donors (Lipinski definition) is 0. The van der Waals surface area contributed by atoms with Gasteiger partial charge in [0.1, 0.15) is 4.90 Å². The summed E-state index contributed by atoms with van der Waals surface area (Å²) in [5, 5.41) is 0. The highest BCUT2D eigenvalue weighted by atomic mass is 32.2. The summed E-state index contributed by atoms with van der Waals surface area (Å²) >= 11 is 0. The number of sulfonamides is 1. The number of hydrogen-bond acceptors (Lipinski definition) is 5. The minimum atomic E-state index is -3.87. The van der Waals surface area contributed by atoms with Crippen LogP contribution in [0.3, 0.4) is 0 Å². The predicted molar refractivity (Wildman–Crippen MR) is 105 cm³/mol. The monoisotopic (exact) mass is 408 g/mol. The first-order valence-corrected chi connectivity index (χ1v) is 12.2. The van der Waals surface area contributed by atoms with Crippen LogP contribution in [0.25, 0.3) is 0 Å². The highest BCUT2D eigenvalue weighted by Crippen LogP contribution is 2.25. The Morgan fingerprint density at radius 2 is 1.41 bits per heavy atom. The van der Waals surface area contributed by atoms with Crippen molar-refractivity contribution >= 4 is 19.9 Å². The molecule has 0 radical (unpaired) electrons. The zero-order valence-electron chi connectivity index (χ0n) is 15.3. The smallest absolute Gasteiger partial charge is 0.244 e. The van der Waals surface area contributed by atoms with E-state index < -0.39 is 19.9 Å². The van der Waals surface area contributed by atoms with E-state index in [4.69, 9.17) is 0 Å². The SMILES string of the molecule is CS(=O)(=O)c1ccccc1S(=O)(=O)N1CCCN(Cc2ccccc2)CC1. The molecule has 0 atom stereocenters. The van der Waals surface area contributed by atoms with Crippen molar-refractivity contribution in [1.82, 2.24) is 9.21 Å². The molecule has 0 spiro atoms. The summed E-state index contributed by atoms with van der Waals surface area (Å²) in [7, 11) is -7.50. The molecule has 2 aromatic rings. The molecule has 1 heterocycles. The average Bonchev–Trinajstić information content (AvgIpc) is 2.88. The van der Waals surface area contributed by atoms with Crippen molar-refractivity contribution in [2.45, 2.75) is 22.8 Å². The van der Waals surface area contributed by atoms with E-state index in [2.05, 4.69) is 17.0 Å². The molecule has 0 aliphatic carbocycles. The predicted octanol–water partition coefficient (Wildman–Crippen LogP) is 1.99. The molecule has 0 saturated carbocycles. The molecule has 0 aromatic heterocycles. The number of rotatable bonds is 5. The Morgan fingerprint density at radius 1 is 0.778 bits per heavy atom. The molecule has 0 unspecified atom stereocenters. The van der Waals surface area contributed by atoms with Gasteiger partial charge in [0.25, 0.3) is 0 Å². The highest BCUT2D eigenvalue weighted by Gasteiger charge is 2.31. The Balaban J connectivity index is 1.79. The maximum absolute atomic E-state index is 13.1. The standard InChI is InChI=1S/C19H24N2O4S2/c1-26(22,23)18-10-5-6-11-19(18)27(24,25)21-13-7-12-20(14-15-21)16-17-8-3-2-4-9-17/h2-6,8-11H,7,12-16H2,1H3. The van der Waals surface area contributed by atoms with Gasteiger partial charge >= 0.3 is 0 Å². The highest BCUT2D eigenvalue weighted by molar-refractivity contribution is 7.93. The van der Waals surface area contributed by atoms with Crippen molar-refractivity contribution < 1.29 is 16.8 Å². The van der Waals surface area contributed by atoms with Crippen LogP contribution in [0.4, 0.5) is 0 Å². The van der Waals surface area contributed by atoms with E-state index in [1.54, 1.807) is 12.1 Å². The third kappa shape index (κ3) is 4.76. The molecule has 0 N–H and O–H groups in total. The summed E-state index contributed by atoms with van der Waals surface area (Å²) in [5.41, 5.74) is 1.19.